The number of carbonyl (C=O) groups excluding carboxylic acids is 1. The lowest BCUT2D eigenvalue weighted by atomic mass is 9.98. The number of nitrogens with one attached hydrogen (secondary N) is 1. The smallest absolute Gasteiger partial charge is 0.407 e. The van der Waals surface area contributed by atoms with Crippen LogP contribution in [0.5, 0.6) is 0 Å². The van der Waals surface area contributed by atoms with Gasteiger partial charge in [0.1, 0.15) is 6.61 Å². The summed E-state index contributed by atoms with van der Waals surface area (Å²) >= 11 is 0. The van der Waals surface area contributed by atoms with Gasteiger partial charge >= 0.3 is 6.09 Å². The van der Waals surface area contributed by atoms with Gasteiger partial charge in [0, 0.05) is 23.7 Å². The molecule has 0 bridgehead atoms. The SMILES string of the molecule is Nc1ccc(C=CCNC(=O)OCC2c3ccccc3-c3ccccc32)cc1CO. The second kappa shape index (κ2) is 8.84. The number of aliphatic hydroxyl groups excluding tert-OH is 1. The van der Waals surface area contributed by atoms with Crippen molar-refractivity contribution in [2.75, 3.05) is 18.9 Å². The molecule has 0 aliphatic heterocycles. The van der Waals surface area contributed by atoms with Gasteiger partial charge in [-0.25, -0.2) is 4.79 Å². The molecule has 0 spiro atoms. The topological polar surface area (TPSA) is 84.6 Å². The highest BCUT2D eigenvalue weighted by Gasteiger charge is 2.28. The van der Waals surface area contributed by atoms with E-state index >= 15 is 0 Å². The molecule has 0 aromatic heterocycles. The normalized spacial score (nSPS) is 12.6. The lowest BCUT2D eigenvalue weighted by Gasteiger charge is -2.14. The molecule has 3 aromatic rings. The lowest BCUT2D eigenvalue weighted by molar-refractivity contribution is 0.144. The molecule has 0 saturated heterocycles. The number of hydrogen-bond acceptors (Lipinski definition) is 4. The van der Waals surface area contributed by atoms with E-state index in [0.29, 0.717) is 24.4 Å². The Bertz CT molecular complexity index is 1050. The molecule has 0 unspecified atom stereocenters. The van der Waals surface area contributed by atoms with Crippen molar-refractivity contribution in [2.45, 2.75) is 12.5 Å². The summed E-state index contributed by atoms with van der Waals surface area (Å²) in [6.45, 7) is 0.530. The zero-order valence-corrected chi connectivity index (χ0v) is 16.5. The van der Waals surface area contributed by atoms with Crippen molar-refractivity contribution in [3.8, 4) is 11.1 Å². The summed E-state index contributed by atoms with van der Waals surface area (Å²) in [7, 11) is 0. The summed E-state index contributed by atoms with van der Waals surface area (Å²) in [5, 5.41) is 12.0. The molecule has 3 aromatic carbocycles. The number of amides is 1. The lowest BCUT2D eigenvalue weighted by Crippen LogP contribution is -2.26. The Morgan fingerprint density at radius 3 is 2.37 bits per heavy atom. The van der Waals surface area contributed by atoms with Crippen molar-refractivity contribution in [1.82, 2.24) is 5.32 Å². The maximum atomic E-state index is 12.2. The van der Waals surface area contributed by atoms with Crippen LogP contribution in [0.25, 0.3) is 17.2 Å². The van der Waals surface area contributed by atoms with Crippen molar-refractivity contribution in [3.63, 3.8) is 0 Å². The van der Waals surface area contributed by atoms with Gasteiger partial charge in [0.25, 0.3) is 0 Å². The molecular weight excluding hydrogens is 376 g/mol. The van der Waals surface area contributed by atoms with Crippen LogP contribution in [0.2, 0.25) is 0 Å². The molecule has 30 heavy (non-hydrogen) atoms. The summed E-state index contributed by atoms with van der Waals surface area (Å²) in [4.78, 5) is 12.2. The van der Waals surface area contributed by atoms with E-state index in [0.717, 1.165) is 5.56 Å². The number of carbonyl (C=O) groups is 1. The minimum absolute atomic E-state index is 0.0466. The van der Waals surface area contributed by atoms with Gasteiger partial charge in [0.05, 0.1) is 6.61 Å². The van der Waals surface area contributed by atoms with E-state index in [2.05, 4.69) is 29.6 Å². The minimum atomic E-state index is -0.449. The predicted octanol–water partition coefficient (Wildman–Crippen LogP) is 4.31. The first-order valence-electron chi connectivity index (χ1n) is 9.92. The summed E-state index contributed by atoms with van der Waals surface area (Å²) in [5.74, 6) is 0.0466. The average Bonchev–Trinajstić information content (AvgIpc) is 3.10. The quantitative estimate of drug-likeness (QED) is 0.538. The Hall–Kier alpha value is -3.57. The van der Waals surface area contributed by atoms with Gasteiger partial charge in [-0.15, -0.1) is 0 Å². The fourth-order valence-corrected chi connectivity index (χ4v) is 3.85. The molecule has 0 saturated carbocycles. The molecule has 0 radical (unpaired) electrons. The highest BCUT2D eigenvalue weighted by Crippen LogP contribution is 2.44. The van der Waals surface area contributed by atoms with Crippen LogP contribution in [-0.2, 0) is 11.3 Å². The Morgan fingerprint density at radius 1 is 1.03 bits per heavy atom. The fraction of sp³-hybridized carbons (Fsp3) is 0.160. The number of hydrogen-bond donors (Lipinski definition) is 3. The molecule has 4 N–H and O–H groups in total. The van der Waals surface area contributed by atoms with Crippen molar-refractivity contribution < 1.29 is 14.6 Å². The number of benzene rings is 3. The first kappa shape index (κ1) is 19.7. The van der Waals surface area contributed by atoms with Gasteiger partial charge in [-0.2, -0.15) is 0 Å². The van der Waals surface area contributed by atoms with Crippen LogP contribution in [-0.4, -0.2) is 24.4 Å². The number of nitrogen functional groups attached to an aromatic ring is 1. The van der Waals surface area contributed by atoms with Gasteiger partial charge in [-0.05, 0) is 39.9 Å². The first-order valence-corrected chi connectivity index (χ1v) is 9.92. The van der Waals surface area contributed by atoms with E-state index in [4.69, 9.17) is 10.5 Å². The Morgan fingerprint density at radius 2 is 1.70 bits per heavy atom. The minimum Gasteiger partial charge on any atom is -0.449 e. The van der Waals surface area contributed by atoms with Gasteiger partial charge < -0.3 is 20.9 Å². The number of aliphatic hydroxyl groups is 1. The summed E-state index contributed by atoms with van der Waals surface area (Å²) in [5.41, 5.74) is 12.7. The molecule has 1 aliphatic rings. The highest BCUT2D eigenvalue weighted by atomic mass is 16.5. The van der Waals surface area contributed by atoms with Crippen molar-refractivity contribution >= 4 is 17.9 Å². The van der Waals surface area contributed by atoms with Crippen LogP contribution in [0.3, 0.4) is 0 Å². The van der Waals surface area contributed by atoms with Crippen molar-refractivity contribution in [2.24, 2.45) is 0 Å². The summed E-state index contributed by atoms with van der Waals surface area (Å²) < 4.78 is 5.51. The Kier molecular flexibility index (Phi) is 5.82. The predicted molar refractivity (Wildman–Crippen MR) is 119 cm³/mol. The van der Waals surface area contributed by atoms with E-state index in [-0.39, 0.29) is 12.5 Å². The van der Waals surface area contributed by atoms with Crippen molar-refractivity contribution in [1.29, 1.82) is 0 Å². The summed E-state index contributed by atoms with van der Waals surface area (Å²) in [6.07, 6.45) is 3.24. The molecule has 1 aliphatic carbocycles. The van der Waals surface area contributed by atoms with E-state index < -0.39 is 6.09 Å². The van der Waals surface area contributed by atoms with E-state index in [1.54, 1.807) is 6.07 Å². The average molecular weight is 400 g/mol. The van der Waals surface area contributed by atoms with Gasteiger partial charge in [-0.3, -0.25) is 0 Å². The van der Waals surface area contributed by atoms with Gasteiger partial charge in [0.2, 0.25) is 0 Å². The number of fused-ring (bicyclic) bond motifs is 3. The van der Waals surface area contributed by atoms with Crippen LogP contribution >= 0.6 is 0 Å². The van der Waals surface area contributed by atoms with Crippen LogP contribution in [0.4, 0.5) is 10.5 Å². The van der Waals surface area contributed by atoms with Gasteiger partial charge in [0.15, 0.2) is 0 Å². The molecule has 0 atom stereocenters. The Balaban J connectivity index is 1.32. The number of anilines is 1. The molecule has 0 fully saturated rings. The zero-order chi connectivity index (χ0) is 20.9. The van der Waals surface area contributed by atoms with Crippen LogP contribution in [0, 0.1) is 0 Å². The number of ether oxygens (including phenoxy) is 1. The van der Waals surface area contributed by atoms with Gasteiger partial charge in [-0.1, -0.05) is 66.7 Å². The van der Waals surface area contributed by atoms with E-state index in [1.165, 1.54) is 22.3 Å². The number of nitrogens with two attached hydrogens (primary N) is 1. The molecule has 152 valence electrons. The third kappa shape index (κ3) is 4.07. The maximum Gasteiger partial charge on any atom is 0.407 e. The zero-order valence-electron chi connectivity index (χ0n) is 16.5. The molecule has 4 rings (SSSR count). The molecular formula is C25H24N2O3. The molecule has 0 heterocycles. The maximum absolute atomic E-state index is 12.2. The van der Waals surface area contributed by atoms with Crippen molar-refractivity contribution in [3.05, 3.63) is 95.1 Å². The molecule has 5 nitrogen and oxygen atoms in total. The molecule has 5 heteroatoms. The highest BCUT2D eigenvalue weighted by molar-refractivity contribution is 5.79. The third-order valence-corrected chi connectivity index (χ3v) is 5.36. The van der Waals surface area contributed by atoms with E-state index in [1.807, 2.05) is 48.6 Å². The number of alkyl carbamates (subject to hydrolysis) is 1. The monoisotopic (exact) mass is 400 g/mol. The summed E-state index contributed by atoms with van der Waals surface area (Å²) in [6, 6.07) is 21.9. The second-order valence-electron chi connectivity index (χ2n) is 7.23. The fourth-order valence-electron chi connectivity index (χ4n) is 3.85. The molecule has 1 amide bonds. The standard InChI is InChI=1S/C25H24N2O3/c26-24-12-11-17(14-18(24)15-28)6-5-13-27-25(29)30-16-23-21-9-3-1-7-19(21)20-8-2-4-10-22(20)23/h1-12,14,23,28H,13,15-16,26H2,(H,27,29). The first-order chi connectivity index (χ1) is 14.7. The van der Waals surface area contributed by atoms with Crippen LogP contribution in [0.1, 0.15) is 28.2 Å². The third-order valence-electron chi connectivity index (χ3n) is 5.36. The van der Waals surface area contributed by atoms with E-state index in [9.17, 15) is 9.90 Å². The van der Waals surface area contributed by atoms with Crippen LogP contribution < -0.4 is 11.1 Å². The van der Waals surface area contributed by atoms with Crippen LogP contribution in [0.15, 0.2) is 72.8 Å². The largest absolute Gasteiger partial charge is 0.449 e. The second-order valence-corrected chi connectivity index (χ2v) is 7.23. The number of rotatable bonds is 6. The Labute approximate surface area is 175 Å².